The lowest BCUT2D eigenvalue weighted by atomic mass is 10.00. The molecule has 4 rings (SSSR count). The molecule has 4 nitrogen and oxygen atoms in total. The third-order valence-corrected chi connectivity index (χ3v) is 6.82. The standard InChI is InChI=1S/C22H32FN3O/c1-22(10-11-22)9-8-21(27)26-12-2-3-20(17-26)25-15-13-24(14-16-25)19-6-4-18(23)5-7-19/h4-7,20H,2-3,8-17H2,1H3/t20-/m0/s1. The fraction of sp³-hybridized carbons (Fsp3) is 0.682. The van der Waals surface area contributed by atoms with E-state index >= 15 is 0 Å². The maximum atomic E-state index is 13.1. The summed E-state index contributed by atoms with van der Waals surface area (Å²) in [6.07, 6.45) is 6.68. The van der Waals surface area contributed by atoms with Gasteiger partial charge in [0.1, 0.15) is 5.82 Å². The summed E-state index contributed by atoms with van der Waals surface area (Å²) in [4.78, 5) is 19.6. The minimum absolute atomic E-state index is 0.181. The zero-order valence-corrected chi connectivity index (χ0v) is 16.5. The maximum Gasteiger partial charge on any atom is 0.222 e. The number of hydrogen-bond donors (Lipinski definition) is 0. The van der Waals surface area contributed by atoms with Crippen LogP contribution in [0.5, 0.6) is 0 Å². The first kappa shape index (κ1) is 18.7. The van der Waals surface area contributed by atoms with E-state index < -0.39 is 0 Å². The Morgan fingerprint density at radius 1 is 1.11 bits per heavy atom. The topological polar surface area (TPSA) is 26.8 Å². The molecular weight excluding hydrogens is 341 g/mol. The molecule has 0 aromatic heterocycles. The monoisotopic (exact) mass is 373 g/mol. The summed E-state index contributed by atoms with van der Waals surface area (Å²) in [6, 6.07) is 7.30. The zero-order valence-electron chi connectivity index (χ0n) is 16.5. The van der Waals surface area contributed by atoms with Crippen LogP contribution < -0.4 is 4.90 Å². The smallest absolute Gasteiger partial charge is 0.222 e. The SMILES string of the molecule is CC1(CCC(=O)N2CCC[C@H](N3CCN(c4ccc(F)cc4)CC3)C2)CC1. The Morgan fingerprint density at radius 2 is 1.81 bits per heavy atom. The van der Waals surface area contributed by atoms with Gasteiger partial charge in [-0.25, -0.2) is 4.39 Å². The number of benzene rings is 1. The van der Waals surface area contributed by atoms with Gasteiger partial charge in [-0.3, -0.25) is 9.69 Å². The number of carbonyl (C=O) groups is 1. The molecule has 27 heavy (non-hydrogen) atoms. The summed E-state index contributed by atoms with van der Waals surface area (Å²) in [5.41, 5.74) is 1.56. The molecule has 1 aromatic rings. The van der Waals surface area contributed by atoms with Gasteiger partial charge in [0.05, 0.1) is 0 Å². The molecule has 0 radical (unpaired) electrons. The van der Waals surface area contributed by atoms with Crippen molar-refractivity contribution in [2.45, 2.75) is 51.5 Å². The van der Waals surface area contributed by atoms with Gasteiger partial charge in [-0.05, 0) is 61.8 Å². The van der Waals surface area contributed by atoms with E-state index in [-0.39, 0.29) is 5.82 Å². The third-order valence-electron chi connectivity index (χ3n) is 6.82. The van der Waals surface area contributed by atoms with Gasteiger partial charge in [-0.1, -0.05) is 6.92 Å². The van der Waals surface area contributed by atoms with Crippen molar-refractivity contribution in [2.75, 3.05) is 44.2 Å². The molecule has 1 amide bonds. The number of piperazine rings is 1. The Hall–Kier alpha value is -1.62. The van der Waals surface area contributed by atoms with Crippen LogP contribution >= 0.6 is 0 Å². The second-order valence-corrected chi connectivity index (χ2v) is 8.95. The number of hydrogen-bond acceptors (Lipinski definition) is 3. The highest BCUT2D eigenvalue weighted by molar-refractivity contribution is 5.76. The Bertz CT molecular complexity index is 650. The molecule has 3 aliphatic rings. The highest BCUT2D eigenvalue weighted by atomic mass is 19.1. The number of piperidine rings is 1. The molecule has 1 aliphatic carbocycles. The van der Waals surface area contributed by atoms with Crippen molar-refractivity contribution in [2.24, 2.45) is 5.41 Å². The fourth-order valence-corrected chi connectivity index (χ4v) is 4.51. The van der Waals surface area contributed by atoms with Crippen LogP contribution in [0.2, 0.25) is 0 Å². The Morgan fingerprint density at radius 3 is 2.48 bits per heavy atom. The molecular formula is C22H32FN3O. The van der Waals surface area contributed by atoms with Crippen LogP contribution in [0, 0.1) is 11.2 Å². The average Bonchev–Trinajstić information content (AvgIpc) is 3.45. The van der Waals surface area contributed by atoms with Gasteiger partial charge >= 0.3 is 0 Å². The summed E-state index contributed by atoms with van der Waals surface area (Å²) in [5.74, 6) is 0.179. The van der Waals surface area contributed by atoms with Crippen molar-refractivity contribution < 1.29 is 9.18 Å². The van der Waals surface area contributed by atoms with Crippen molar-refractivity contribution in [3.05, 3.63) is 30.1 Å². The molecule has 5 heteroatoms. The lowest BCUT2D eigenvalue weighted by Gasteiger charge is -2.44. The molecule has 2 aliphatic heterocycles. The van der Waals surface area contributed by atoms with E-state index in [0.29, 0.717) is 17.4 Å². The van der Waals surface area contributed by atoms with E-state index in [1.165, 1.54) is 31.4 Å². The van der Waals surface area contributed by atoms with E-state index in [1.54, 1.807) is 0 Å². The van der Waals surface area contributed by atoms with Crippen molar-refractivity contribution in [3.63, 3.8) is 0 Å². The van der Waals surface area contributed by atoms with E-state index in [1.807, 2.05) is 12.1 Å². The first-order valence-electron chi connectivity index (χ1n) is 10.5. The van der Waals surface area contributed by atoms with Gasteiger partial charge in [-0.15, -0.1) is 0 Å². The quantitative estimate of drug-likeness (QED) is 0.790. The normalized spacial score (nSPS) is 25.5. The number of rotatable bonds is 5. The van der Waals surface area contributed by atoms with E-state index in [4.69, 9.17) is 0 Å². The van der Waals surface area contributed by atoms with E-state index in [9.17, 15) is 9.18 Å². The number of halogens is 1. The molecule has 0 unspecified atom stereocenters. The van der Waals surface area contributed by atoms with Gasteiger partial charge in [0, 0.05) is 57.4 Å². The van der Waals surface area contributed by atoms with Crippen LogP contribution in [0.15, 0.2) is 24.3 Å². The Kier molecular flexibility index (Phi) is 5.40. The molecule has 0 N–H and O–H groups in total. The second kappa shape index (κ2) is 7.78. The van der Waals surface area contributed by atoms with Gasteiger partial charge < -0.3 is 9.80 Å². The summed E-state index contributed by atoms with van der Waals surface area (Å²) < 4.78 is 13.1. The molecule has 1 aromatic carbocycles. The molecule has 0 spiro atoms. The van der Waals surface area contributed by atoms with Gasteiger partial charge in [0.2, 0.25) is 5.91 Å². The second-order valence-electron chi connectivity index (χ2n) is 8.95. The summed E-state index contributed by atoms with van der Waals surface area (Å²) in [5, 5.41) is 0. The average molecular weight is 374 g/mol. The van der Waals surface area contributed by atoms with Crippen molar-refractivity contribution >= 4 is 11.6 Å². The molecule has 0 bridgehead atoms. The summed E-state index contributed by atoms with van der Waals surface area (Å²) in [6.45, 7) is 8.10. The Balaban J connectivity index is 1.26. The van der Waals surface area contributed by atoms with Gasteiger partial charge in [0.15, 0.2) is 0 Å². The lowest BCUT2D eigenvalue weighted by molar-refractivity contribution is -0.133. The van der Waals surface area contributed by atoms with Crippen molar-refractivity contribution in [1.29, 1.82) is 0 Å². The maximum absolute atomic E-state index is 13.1. The summed E-state index contributed by atoms with van der Waals surface area (Å²) in [7, 11) is 0. The highest BCUT2D eigenvalue weighted by Crippen LogP contribution is 2.48. The molecule has 1 atom stereocenters. The molecule has 148 valence electrons. The lowest BCUT2D eigenvalue weighted by Crippen LogP contribution is -2.55. The predicted octanol–water partition coefficient (Wildman–Crippen LogP) is 3.52. The largest absolute Gasteiger partial charge is 0.369 e. The minimum Gasteiger partial charge on any atom is -0.369 e. The number of amides is 1. The number of likely N-dealkylation sites (tertiary alicyclic amines) is 1. The van der Waals surface area contributed by atoms with Crippen molar-refractivity contribution in [1.82, 2.24) is 9.80 Å². The van der Waals surface area contributed by atoms with Crippen LogP contribution in [-0.2, 0) is 4.79 Å². The van der Waals surface area contributed by atoms with Crippen LogP contribution in [0.25, 0.3) is 0 Å². The number of nitrogens with zero attached hydrogens (tertiary/aromatic N) is 3. The van der Waals surface area contributed by atoms with Crippen LogP contribution in [0.1, 0.15) is 45.4 Å². The van der Waals surface area contributed by atoms with Crippen LogP contribution in [0.3, 0.4) is 0 Å². The van der Waals surface area contributed by atoms with Crippen LogP contribution in [-0.4, -0.2) is 61.0 Å². The first-order valence-corrected chi connectivity index (χ1v) is 10.5. The molecule has 2 heterocycles. The van der Waals surface area contributed by atoms with Gasteiger partial charge in [0.25, 0.3) is 0 Å². The minimum atomic E-state index is -0.181. The summed E-state index contributed by atoms with van der Waals surface area (Å²) >= 11 is 0. The van der Waals surface area contributed by atoms with Crippen LogP contribution in [0.4, 0.5) is 10.1 Å². The molecule has 1 saturated carbocycles. The predicted molar refractivity (Wildman–Crippen MR) is 106 cm³/mol. The van der Waals surface area contributed by atoms with Gasteiger partial charge in [-0.2, -0.15) is 0 Å². The van der Waals surface area contributed by atoms with E-state index in [2.05, 4.69) is 21.6 Å². The molecule has 3 fully saturated rings. The molecule has 2 saturated heterocycles. The van der Waals surface area contributed by atoms with Crippen molar-refractivity contribution in [3.8, 4) is 0 Å². The number of anilines is 1. The highest BCUT2D eigenvalue weighted by Gasteiger charge is 2.38. The Labute approximate surface area is 162 Å². The fourth-order valence-electron chi connectivity index (χ4n) is 4.51. The van der Waals surface area contributed by atoms with E-state index in [0.717, 1.165) is 64.2 Å². The zero-order chi connectivity index (χ0) is 18.9. The third kappa shape index (κ3) is 4.63. The number of carbonyl (C=O) groups excluding carboxylic acids is 1. The first-order chi connectivity index (χ1) is 13.0.